The van der Waals surface area contributed by atoms with Crippen molar-refractivity contribution < 1.29 is 4.39 Å². The largest absolute Gasteiger partial charge is 0.369 e. The van der Waals surface area contributed by atoms with E-state index in [2.05, 4.69) is 27.7 Å². The molecule has 1 aromatic carbocycles. The molecule has 2 fully saturated rings. The van der Waals surface area contributed by atoms with Crippen LogP contribution < -0.4 is 9.80 Å². The molecule has 0 spiro atoms. The molecule has 0 saturated carbocycles. The molecular weight excluding hydrogens is 253 g/mol. The number of anilines is 2. The zero-order valence-corrected chi connectivity index (χ0v) is 12.3. The molecule has 0 amide bonds. The Morgan fingerprint density at radius 2 is 1.65 bits per heavy atom. The number of hydrogen-bond acceptors (Lipinski definition) is 3. The van der Waals surface area contributed by atoms with E-state index in [0.717, 1.165) is 57.2 Å². The third-order valence-corrected chi connectivity index (χ3v) is 4.56. The molecule has 110 valence electrons. The van der Waals surface area contributed by atoms with Crippen molar-refractivity contribution in [3.8, 4) is 0 Å². The van der Waals surface area contributed by atoms with Crippen LogP contribution in [0.5, 0.6) is 0 Å². The van der Waals surface area contributed by atoms with Gasteiger partial charge in [0.15, 0.2) is 0 Å². The summed E-state index contributed by atoms with van der Waals surface area (Å²) in [5.41, 5.74) is 1.81. The normalized spacial score (nSPS) is 20.7. The Morgan fingerprint density at radius 3 is 2.25 bits per heavy atom. The van der Waals surface area contributed by atoms with E-state index in [1.165, 1.54) is 12.8 Å². The smallest absolute Gasteiger partial charge is 0.148 e. The lowest BCUT2D eigenvalue weighted by Crippen LogP contribution is -2.46. The zero-order chi connectivity index (χ0) is 13.9. The molecule has 1 aromatic rings. The molecular formula is C16H24FN3. The molecule has 0 unspecified atom stereocenters. The first kappa shape index (κ1) is 13.7. The van der Waals surface area contributed by atoms with Gasteiger partial charge in [-0.3, -0.25) is 0 Å². The summed E-state index contributed by atoms with van der Waals surface area (Å²) in [6, 6.07) is 5.76. The average molecular weight is 277 g/mol. The fourth-order valence-corrected chi connectivity index (χ4v) is 3.23. The van der Waals surface area contributed by atoms with Crippen LogP contribution in [0, 0.1) is 5.82 Å². The highest BCUT2D eigenvalue weighted by Crippen LogP contribution is 2.28. The van der Waals surface area contributed by atoms with Crippen LogP contribution in [0.4, 0.5) is 15.8 Å². The molecule has 0 aromatic heterocycles. The first-order chi connectivity index (χ1) is 9.78. The fraction of sp³-hybridized carbons (Fsp3) is 0.625. The molecule has 20 heavy (non-hydrogen) atoms. The summed E-state index contributed by atoms with van der Waals surface area (Å²) in [5, 5.41) is 0. The summed E-state index contributed by atoms with van der Waals surface area (Å²) in [4.78, 5) is 6.89. The Balaban J connectivity index is 1.70. The summed E-state index contributed by atoms with van der Waals surface area (Å²) >= 11 is 0. The molecule has 2 heterocycles. The van der Waals surface area contributed by atoms with E-state index in [0.29, 0.717) is 0 Å². The van der Waals surface area contributed by atoms with Crippen LogP contribution in [0.3, 0.4) is 0 Å². The van der Waals surface area contributed by atoms with Crippen molar-refractivity contribution >= 4 is 11.4 Å². The van der Waals surface area contributed by atoms with E-state index in [1.807, 2.05) is 6.07 Å². The Bertz CT molecular complexity index is 449. The minimum Gasteiger partial charge on any atom is -0.369 e. The van der Waals surface area contributed by atoms with Crippen LogP contribution >= 0.6 is 0 Å². The van der Waals surface area contributed by atoms with Crippen molar-refractivity contribution in [2.24, 2.45) is 0 Å². The van der Waals surface area contributed by atoms with E-state index in [4.69, 9.17) is 0 Å². The van der Waals surface area contributed by atoms with Gasteiger partial charge in [0.25, 0.3) is 0 Å². The van der Waals surface area contributed by atoms with Gasteiger partial charge in [-0.25, -0.2) is 4.39 Å². The number of benzene rings is 1. The van der Waals surface area contributed by atoms with Crippen LogP contribution in [-0.2, 0) is 0 Å². The predicted octanol–water partition coefficient (Wildman–Crippen LogP) is 2.57. The lowest BCUT2D eigenvalue weighted by Gasteiger charge is -2.35. The topological polar surface area (TPSA) is 9.72 Å². The van der Waals surface area contributed by atoms with Crippen molar-refractivity contribution in [1.29, 1.82) is 0 Å². The lowest BCUT2D eigenvalue weighted by atomic mass is 10.2. The Morgan fingerprint density at radius 1 is 0.950 bits per heavy atom. The monoisotopic (exact) mass is 277 g/mol. The predicted molar refractivity (Wildman–Crippen MR) is 82.2 cm³/mol. The molecule has 2 aliphatic rings. The van der Waals surface area contributed by atoms with Crippen LogP contribution in [-0.4, -0.2) is 50.7 Å². The number of likely N-dealkylation sites (N-methyl/N-ethyl adjacent to an activating group) is 1. The van der Waals surface area contributed by atoms with Gasteiger partial charge in [-0.2, -0.15) is 0 Å². The highest BCUT2D eigenvalue weighted by molar-refractivity contribution is 5.58. The summed E-state index contributed by atoms with van der Waals surface area (Å²) < 4.78 is 14.3. The van der Waals surface area contributed by atoms with E-state index >= 15 is 0 Å². The number of piperazine rings is 1. The van der Waals surface area contributed by atoms with E-state index in [9.17, 15) is 4.39 Å². The van der Waals surface area contributed by atoms with Gasteiger partial charge in [-0.1, -0.05) is 6.92 Å². The summed E-state index contributed by atoms with van der Waals surface area (Å²) in [5.74, 6) is -0.0673. The van der Waals surface area contributed by atoms with Gasteiger partial charge in [0, 0.05) is 45.0 Å². The van der Waals surface area contributed by atoms with Crippen molar-refractivity contribution in [2.75, 3.05) is 55.6 Å². The first-order valence-corrected chi connectivity index (χ1v) is 7.79. The SMILES string of the molecule is CCN1CCN(c2ccc(N3CCCC3)c(F)c2)CC1. The van der Waals surface area contributed by atoms with Crippen LogP contribution in [0.15, 0.2) is 18.2 Å². The molecule has 4 heteroatoms. The van der Waals surface area contributed by atoms with Crippen molar-refractivity contribution in [1.82, 2.24) is 4.90 Å². The minimum atomic E-state index is -0.0673. The standard InChI is InChI=1S/C16H24FN3/c1-2-18-9-11-19(12-10-18)14-5-6-16(15(17)13-14)20-7-3-4-8-20/h5-6,13H,2-4,7-12H2,1H3. The van der Waals surface area contributed by atoms with Gasteiger partial charge in [0.2, 0.25) is 0 Å². The van der Waals surface area contributed by atoms with Crippen molar-refractivity contribution in [3.63, 3.8) is 0 Å². The maximum Gasteiger partial charge on any atom is 0.148 e. The number of halogens is 1. The van der Waals surface area contributed by atoms with Gasteiger partial charge >= 0.3 is 0 Å². The number of rotatable bonds is 3. The number of hydrogen-bond donors (Lipinski definition) is 0. The molecule has 2 saturated heterocycles. The molecule has 3 nitrogen and oxygen atoms in total. The number of nitrogens with zero attached hydrogens (tertiary/aromatic N) is 3. The maximum atomic E-state index is 14.3. The van der Waals surface area contributed by atoms with E-state index in [-0.39, 0.29) is 5.82 Å². The van der Waals surface area contributed by atoms with Crippen LogP contribution in [0.25, 0.3) is 0 Å². The van der Waals surface area contributed by atoms with Crippen LogP contribution in [0.1, 0.15) is 19.8 Å². The quantitative estimate of drug-likeness (QED) is 0.841. The highest BCUT2D eigenvalue weighted by Gasteiger charge is 2.19. The van der Waals surface area contributed by atoms with Gasteiger partial charge in [-0.05, 0) is 37.6 Å². The summed E-state index contributed by atoms with van der Waals surface area (Å²) in [6.07, 6.45) is 2.36. The van der Waals surface area contributed by atoms with Gasteiger partial charge in [0.05, 0.1) is 5.69 Å². The Labute approximate surface area is 121 Å². The molecule has 0 bridgehead atoms. The zero-order valence-electron chi connectivity index (χ0n) is 12.3. The Kier molecular flexibility index (Phi) is 4.10. The highest BCUT2D eigenvalue weighted by atomic mass is 19.1. The van der Waals surface area contributed by atoms with Gasteiger partial charge in [-0.15, -0.1) is 0 Å². The second kappa shape index (κ2) is 6.00. The molecule has 2 aliphatic heterocycles. The van der Waals surface area contributed by atoms with Crippen molar-refractivity contribution in [3.05, 3.63) is 24.0 Å². The van der Waals surface area contributed by atoms with E-state index < -0.39 is 0 Å². The summed E-state index contributed by atoms with van der Waals surface area (Å²) in [7, 11) is 0. The Hall–Kier alpha value is -1.29. The van der Waals surface area contributed by atoms with Crippen molar-refractivity contribution in [2.45, 2.75) is 19.8 Å². The van der Waals surface area contributed by atoms with Gasteiger partial charge < -0.3 is 14.7 Å². The molecule has 0 atom stereocenters. The third kappa shape index (κ3) is 2.75. The molecule has 3 rings (SSSR count). The van der Waals surface area contributed by atoms with E-state index in [1.54, 1.807) is 6.07 Å². The second-order valence-corrected chi connectivity index (χ2v) is 5.75. The molecule has 0 N–H and O–H groups in total. The maximum absolute atomic E-state index is 14.3. The minimum absolute atomic E-state index is 0.0673. The third-order valence-electron chi connectivity index (χ3n) is 4.56. The first-order valence-electron chi connectivity index (χ1n) is 7.79. The molecule has 0 aliphatic carbocycles. The lowest BCUT2D eigenvalue weighted by molar-refractivity contribution is 0.271. The van der Waals surface area contributed by atoms with Crippen LogP contribution in [0.2, 0.25) is 0 Å². The molecule has 0 radical (unpaired) electrons. The summed E-state index contributed by atoms with van der Waals surface area (Å²) in [6.45, 7) is 9.43. The van der Waals surface area contributed by atoms with Gasteiger partial charge in [0.1, 0.15) is 5.82 Å². The fourth-order valence-electron chi connectivity index (χ4n) is 3.23. The second-order valence-electron chi connectivity index (χ2n) is 5.75. The average Bonchev–Trinajstić information content (AvgIpc) is 3.01.